The summed E-state index contributed by atoms with van der Waals surface area (Å²) in [6, 6.07) is 10.8. The van der Waals surface area contributed by atoms with Crippen LogP contribution in [0.2, 0.25) is 0 Å². The Labute approximate surface area is 105 Å². The van der Waals surface area contributed by atoms with Crippen LogP contribution in [0.4, 0.5) is 0 Å². The van der Waals surface area contributed by atoms with Gasteiger partial charge in [-0.05, 0) is 50.3 Å². The number of piperidine rings is 1. The molecule has 2 rings (SSSR count). The molecule has 1 heterocycles. The van der Waals surface area contributed by atoms with Gasteiger partial charge in [0.15, 0.2) is 0 Å². The second kappa shape index (κ2) is 6.77. The maximum Gasteiger partial charge on any atom is 0.0233 e. The number of hydrogen-bond acceptors (Lipinski definition) is 2. The van der Waals surface area contributed by atoms with E-state index in [2.05, 4.69) is 35.2 Å². The zero-order valence-electron chi connectivity index (χ0n) is 10.6. The molecule has 0 saturated carbocycles. The summed E-state index contributed by atoms with van der Waals surface area (Å²) in [5.41, 5.74) is 7.03. The van der Waals surface area contributed by atoms with Crippen LogP contribution in [0.25, 0.3) is 0 Å². The molecule has 2 heteroatoms. The van der Waals surface area contributed by atoms with E-state index >= 15 is 0 Å². The van der Waals surface area contributed by atoms with Crippen LogP contribution in [0.3, 0.4) is 0 Å². The van der Waals surface area contributed by atoms with Gasteiger partial charge in [0, 0.05) is 13.1 Å². The lowest BCUT2D eigenvalue weighted by atomic mass is 9.93. The van der Waals surface area contributed by atoms with Gasteiger partial charge in [0.25, 0.3) is 0 Å². The molecule has 94 valence electrons. The van der Waals surface area contributed by atoms with Crippen LogP contribution in [0, 0.1) is 5.92 Å². The van der Waals surface area contributed by atoms with Gasteiger partial charge in [-0.1, -0.05) is 30.3 Å². The molecular weight excluding hydrogens is 208 g/mol. The summed E-state index contributed by atoms with van der Waals surface area (Å²) in [6.45, 7) is 4.47. The summed E-state index contributed by atoms with van der Waals surface area (Å²) < 4.78 is 0. The topological polar surface area (TPSA) is 29.3 Å². The molecule has 0 aliphatic carbocycles. The van der Waals surface area contributed by atoms with Crippen LogP contribution in [-0.2, 0) is 6.54 Å². The summed E-state index contributed by atoms with van der Waals surface area (Å²) in [5.74, 6) is 0.871. The van der Waals surface area contributed by atoms with Crippen molar-refractivity contribution in [1.82, 2.24) is 4.90 Å². The molecule has 1 aliphatic rings. The largest absolute Gasteiger partial charge is 0.330 e. The SMILES string of the molecule is NCCC[C@@H]1CCCN(Cc2ccccc2)C1. The molecule has 17 heavy (non-hydrogen) atoms. The van der Waals surface area contributed by atoms with E-state index in [9.17, 15) is 0 Å². The number of benzene rings is 1. The lowest BCUT2D eigenvalue weighted by molar-refractivity contribution is 0.160. The zero-order valence-corrected chi connectivity index (χ0v) is 10.6. The van der Waals surface area contributed by atoms with Gasteiger partial charge in [-0.2, -0.15) is 0 Å². The van der Waals surface area contributed by atoms with Crippen LogP contribution in [0.5, 0.6) is 0 Å². The van der Waals surface area contributed by atoms with Crippen molar-refractivity contribution in [3.63, 3.8) is 0 Å². The van der Waals surface area contributed by atoms with E-state index in [-0.39, 0.29) is 0 Å². The highest BCUT2D eigenvalue weighted by molar-refractivity contribution is 5.14. The van der Waals surface area contributed by atoms with Crippen molar-refractivity contribution >= 4 is 0 Å². The number of hydrogen-bond donors (Lipinski definition) is 1. The van der Waals surface area contributed by atoms with Crippen molar-refractivity contribution in [3.05, 3.63) is 35.9 Å². The van der Waals surface area contributed by atoms with Crippen molar-refractivity contribution in [1.29, 1.82) is 0 Å². The van der Waals surface area contributed by atoms with Crippen LogP contribution < -0.4 is 5.73 Å². The molecular formula is C15H24N2. The van der Waals surface area contributed by atoms with Gasteiger partial charge >= 0.3 is 0 Å². The van der Waals surface area contributed by atoms with Crippen LogP contribution in [0.1, 0.15) is 31.2 Å². The fourth-order valence-electron chi connectivity index (χ4n) is 2.78. The monoisotopic (exact) mass is 232 g/mol. The van der Waals surface area contributed by atoms with Crippen molar-refractivity contribution in [2.75, 3.05) is 19.6 Å². The molecule has 0 amide bonds. The molecule has 1 aromatic rings. The predicted molar refractivity (Wildman–Crippen MR) is 72.7 cm³/mol. The molecule has 0 bridgehead atoms. The predicted octanol–water partition coefficient (Wildman–Crippen LogP) is 2.64. The lowest BCUT2D eigenvalue weighted by Crippen LogP contribution is -2.35. The first-order valence-corrected chi connectivity index (χ1v) is 6.85. The molecule has 0 spiro atoms. The molecule has 2 N–H and O–H groups in total. The third-order valence-corrected chi connectivity index (χ3v) is 3.67. The highest BCUT2D eigenvalue weighted by Crippen LogP contribution is 2.22. The van der Waals surface area contributed by atoms with Crippen molar-refractivity contribution < 1.29 is 0 Å². The number of nitrogens with two attached hydrogens (primary N) is 1. The Kier molecular flexibility index (Phi) is 5.02. The summed E-state index contributed by atoms with van der Waals surface area (Å²) in [7, 11) is 0. The van der Waals surface area contributed by atoms with Crippen LogP contribution in [0.15, 0.2) is 30.3 Å². The van der Waals surface area contributed by atoms with E-state index in [1.807, 2.05) is 0 Å². The first-order valence-electron chi connectivity index (χ1n) is 6.85. The zero-order chi connectivity index (χ0) is 11.9. The second-order valence-corrected chi connectivity index (χ2v) is 5.16. The normalized spacial score (nSPS) is 21.6. The minimum atomic E-state index is 0.842. The van der Waals surface area contributed by atoms with Gasteiger partial charge in [0.2, 0.25) is 0 Å². The standard InChI is InChI=1S/C15H24N2/c16-10-4-8-15-9-5-11-17(13-15)12-14-6-2-1-3-7-14/h1-3,6-7,15H,4-5,8-13,16H2/t15-/m1/s1. The maximum atomic E-state index is 5.59. The average Bonchev–Trinajstić information content (AvgIpc) is 2.38. The second-order valence-electron chi connectivity index (χ2n) is 5.16. The van der Waals surface area contributed by atoms with Gasteiger partial charge in [0.05, 0.1) is 0 Å². The molecule has 1 atom stereocenters. The minimum Gasteiger partial charge on any atom is -0.330 e. The molecule has 0 radical (unpaired) electrons. The van der Waals surface area contributed by atoms with Gasteiger partial charge in [0.1, 0.15) is 0 Å². The van der Waals surface area contributed by atoms with Crippen molar-refractivity contribution in [2.24, 2.45) is 11.7 Å². The van der Waals surface area contributed by atoms with E-state index in [1.54, 1.807) is 0 Å². The molecule has 1 fully saturated rings. The molecule has 1 aromatic carbocycles. The molecule has 2 nitrogen and oxygen atoms in total. The molecule has 1 aliphatic heterocycles. The number of nitrogens with zero attached hydrogens (tertiary/aromatic N) is 1. The fourth-order valence-corrected chi connectivity index (χ4v) is 2.78. The van der Waals surface area contributed by atoms with E-state index in [0.717, 1.165) is 19.0 Å². The van der Waals surface area contributed by atoms with Crippen molar-refractivity contribution in [2.45, 2.75) is 32.2 Å². The quantitative estimate of drug-likeness (QED) is 0.845. The van der Waals surface area contributed by atoms with E-state index in [1.165, 1.54) is 44.3 Å². The Morgan fingerprint density at radius 3 is 2.82 bits per heavy atom. The average molecular weight is 232 g/mol. The molecule has 0 aromatic heterocycles. The Morgan fingerprint density at radius 1 is 1.24 bits per heavy atom. The Bertz CT molecular complexity index is 310. The smallest absolute Gasteiger partial charge is 0.0233 e. The first kappa shape index (κ1) is 12.6. The Hall–Kier alpha value is -0.860. The first-order chi connectivity index (χ1) is 8.38. The summed E-state index contributed by atoms with van der Waals surface area (Å²) in [6.07, 6.45) is 5.24. The fraction of sp³-hybridized carbons (Fsp3) is 0.600. The van der Waals surface area contributed by atoms with E-state index < -0.39 is 0 Å². The molecule has 0 unspecified atom stereocenters. The van der Waals surface area contributed by atoms with Gasteiger partial charge in [-0.3, -0.25) is 4.90 Å². The number of rotatable bonds is 5. The minimum absolute atomic E-state index is 0.842. The van der Waals surface area contributed by atoms with Crippen LogP contribution >= 0.6 is 0 Å². The highest BCUT2D eigenvalue weighted by Gasteiger charge is 2.19. The Balaban J connectivity index is 1.81. The van der Waals surface area contributed by atoms with Crippen molar-refractivity contribution in [3.8, 4) is 0 Å². The maximum absolute atomic E-state index is 5.59. The highest BCUT2D eigenvalue weighted by atomic mass is 15.1. The third kappa shape index (κ3) is 4.14. The summed E-state index contributed by atoms with van der Waals surface area (Å²) in [4.78, 5) is 2.60. The Morgan fingerprint density at radius 2 is 2.06 bits per heavy atom. The van der Waals surface area contributed by atoms with Gasteiger partial charge < -0.3 is 5.73 Å². The molecule has 1 saturated heterocycles. The summed E-state index contributed by atoms with van der Waals surface area (Å²) in [5, 5.41) is 0. The number of likely N-dealkylation sites (tertiary alicyclic amines) is 1. The van der Waals surface area contributed by atoms with E-state index in [4.69, 9.17) is 5.73 Å². The van der Waals surface area contributed by atoms with Gasteiger partial charge in [-0.25, -0.2) is 0 Å². The van der Waals surface area contributed by atoms with Crippen LogP contribution in [-0.4, -0.2) is 24.5 Å². The van der Waals surface area contributed by atoms with E-state index in [0.29, 0.717) is 0 Å². The lowest BCUT2D eigenvalue weighted by Gasteiger charge is -2.32. The third-order valence-electron chi connectivity index (χ3n) is 3.67. The van der Waals surface area contributed by atoms with Gasteiger partial charge in [-0.15, -0.1) is 0 Å². The summed E-state index contributed by atoms with van der Waals surface area (Å²) >= 11 is 0.